The summed E-state index contributed by atoms with van der Waals surface area (Å²) in [4.78, 5) is -0.0813. The van der Waals surface area contributed by atoms with Crippen LogP contribution in [0.1, 0.15) is 5.56 Å². The Balaban J connectivity index is 1.81. The SMILES string of the molecule is COc1ccc(CN[C@@H]2CS(=O)(=O)C[C@H]2S(=O)(=O)c2ccc(F)cc2)cc1. The summed E-state index contributed by atoms with van der Waals surface area (Å²) in [5, 5.41) is 1.94. The Labute approximate surface area is 158 Å². The number of methoxy groups -OCH3 is 1. The Hall–Kier alpha value is -1.97. The molecule has 3 rings (SSSR count). The van der Waals surface area contributed by atoms with Crippen LogP contribution in [0, 0.1) is 5.82 Å². The molecule has 0 saturated carbocycles. The maximum atomic E-state index is 13.1. The fourth-order valence-corrected chi connectivity index (χ4v) is 7.82. The van der Waals surface area contributed by atoms with Crippen molar-refractivity contribution in [2.24, 2.45) is 0 Å². The topological polar surface area (TPSA) is 89.5 Å². The lowest BCUT2D eigenvalue weighted by molar-refractivity contribution is 0.414. The summed E-state index contributed by atoms with van der Waals surface area (Å²) in [5.74, 6) is -0.567. The minimum Gasteiger partial charge on any atom is -0.497 e. The van der Waals surface area contributed by atoms with Gasteiger partial charge >= 0.3 is 0 Å². The molecule has 1 N–H and O–H groups in total. The Kier molecular flexibility index (Phi) is 5.55. The lowest BCUT2D eigenvalue weighted by Gasteiger charge is -2.20. The highest BCUT2D eigenvalue weighted by atomic mass is 32.2. The highest BCUT2D eigenvalue weighted by Gasteiger charge is 2.45. The Morgan fingerprint density at radius 2 is 1.70 bits per heavy atom. The molecule has 0 aromatic heterocycles. The van der Waals surface area contributed by atoms with Crippen molar-refractivity contribution in [1.82, 2.24) is 5.32 Å². The van der Waals surface area contributed by atoms with Crippen molar-refractivity contribution in [2.75, 3.05) is 18.6 Å². The third kappa shape index (κ3) is 4.48. The summed E-state index contributed by atoms with van der Waals surface area (Å²) >= 11 is 0. The molecule has 0 unspecified atom stereocenters. The first-order chi connectivity index (χ1) is 12.7. The lowest BCUT2D eigenvalue weighted by atomic mass is 10.2. The van der Waals surface area contributed by atoms with Gasteiger partial charge in [0.1, 0.15) is 11.6 Å². The van der Waals surface area contributed by atoms with E-state index in [1.54, 1.807) is 19.2 Å². The predicted molar refractivity (Wildman–Crippen MR) is 99.6 cm³/mol. The van der Waals surface area contributed by atoms with Crippen molar-refractivity contribution in [2.45, 2.75) is 22.7 Å². The van der Waals surface area contributed by atoms with Crippen molar-refractivity contribution in [3.63, 3.8) is 0 Å². The molecule has 0 amide bonds. The van der Waals surface area contributed by atoms with Crippen LogP contribution in [0.5, 0.6) is 5.75 Å². The van der Waals surface area contributed by atoms with E-state index in [2.05, 4.69) is 5.32 Å². The first-order valence-electron chi connectivity index (χ1n) is 8.27. The second-order valence-electron chi connectivity index (χ2n) is 6.45. The molecule has 27 heavy (non-hydrogen) atoms. The molecule has 0 bridgehead atoms. The zero-order chi connectivity index (χ0) is 19.7. The van der Waals surface area contributed by atoms with Gasteiger partial charge in [-0.15, -0.1) is 0 Å². The van der Waals surface area contributed by atoms with E-state index in [1.165, 1.54) is 0 Å². The minimum atomic E-state index is -3.92. The highest BCUT2D eigenvalue weighted by molar-refractivity contribution is 7.96. The predicted octanol–water partition coefficient (Wildman–Crippen LogP) is 1.56. The standard InChI is InChI=1S/C18H20FNO5S2/c1-25-15-6-2-13(3-7-15)10-20-17-11-26(21,22)12-18(17)27(23,24)16-8-4-14(19)5-9-16/h2-9,17-18,20H,10-12H2,1H3/t17-,18-/m1/s1. The van der Waals surface area contributed by atoms with Crippen molar-refractivity contribution < 1.29 is 26.0 Å². The van der Waals surface area contributed by atoms with Gasteiger partial charge in [-0.25, -0.2) is 21.2 Å². The zero-order valence-corrected chi connectivity index (χ0v) is 16.3. The van der Waals surface area contributed by atoms with Crippen molar-refractivity contribution in [3.05, 3.63) is 59.9 Å². The van der Waals surface area contributed by atoms with Crippen LogP contribution in [-0.2, 0) is 26.2 Å². The average molecular weight is 413 g/mol. The number of hydrogen-bond donors (Lipinski definition) is 1. The van der Waals surface area contributed by atoms with Gasteiger partial charge in [-0.2, -0.15) is 0 Å². The quantitative estimate of drug-likeness (QED) is 0.723. The molecule has 0 aliphatic carbocycles. The van der Waals surface area contributed by atoms with E-state index in [1.807, 2.05) is 12.1 Å². The van der Waals surface area contributed by atoms with Crippen LogP contribution in [0.25, 0.3) is 0 Å². The molecule has 1 fully saturated rings. The second-order valence-corrected chi connectivity index (χ2v) is 10.8. The largest absolute Gasteiger partial charge is 0.497 e. The molecule has 1 aliphatic rings. The molecule has 1 aliphatic heterocycles. The van der Waals surface area contributed by atoms with E-state index in [0.29, 0.717) is 12.3 Å². The number of ether oxygens (including phenoxy) is 1. The molecule has 2 atom stereocenters. The monoisotopic (exact) mass is 413 g/mol. The van der Waals surface area contributed by atoms with Gasteiger partial charge in [0.25, 0.3) is 0 Å². The number of benzene rings is 2. The second kappa shape index (κ2) is 7.57. The molecule has 2 aromatic rings. The zero-order valence-electron chi connectivity index (χ0n) is 14.6. The lowest BCUT2D eigenvalue weighted by Crippen LogP contribution is -2.43. The maximum Gasteiger partial charge on any atom is 0.183 e. The van der Waals surface area contributed by atoms with Gasteiger partial charge in [0.2, 0.25) is 0 Å². The molecule has 1 saturated heterocycles. The number of nitrogens with one attached hydrogen (secondary N) is 1. The first-order valence-corrected chi connectivity index (χ1v) is 11.6. The molecule has 2 aromatic carbocycles. The Morgan fingerprint density at radius 1 is 1.07 bits per heavy atom. The van der Waals surface area contributed by atoms with Crippen molar-refractivity contribution in [1.29, 1.82) is 0 Å². The summed E-state index contributed by atoms with van der Waals surface area (Å²) in [6.07, 6.45) is 0. The van der Waals surface area contributed by atoms with E-state index >= 15 is 0 Å². The summed E-state index contributed by atoms with van der Waals surface area (Å²) in [7, 11) is -5.86. The van der Waals surface area contributed by atoms with E-state index < -0.39 is 42.5 Å². The number of halogens is 1. The van der Waals surface area contributed by atoms with Crippen LogP contribution in [0.4, 0.5) is 4.39 Å². The van der Waals surface area contributed by atoms with Crippen LogP contribution >= 0.6 is 0 Å². The number of sulfone groups is 2. The molecule has 6 nitrogen and oxygen atoms in total. The summed E-state index contributed by atoms with van der Waals surface area (Å²) in [5.41, 5.74) is 0.873. The summed E-state index contributed by atoms with van der Waals surface area (Å²) in [6.45, 7) is 0.319. The van der Waals surface area contributed by atoms with Gasteiger partial charge in [0.15, 0.2) is 19.7 Å². The van der Waals surface area contributed by atoms with Crippen molar-refractivity contribution in [3.8, 4) is 5.75 Å². The molecule has 0 radical (unpaired) electrons. The van der Waals surface area contributed by atoms with Crippen LogP contribution in [-0.4, -0.2) is 46.7 Å². The van der Waals surface area contributed by atoms with Gasteiger partial charge < -0.3 is 10.1 Å². The summed E-state index contributed by atoms with van der Waals surface area (Å²) in [6, 6.07) is 10.9. The van der Waals surface area contributed by atoms with Gasteiger partial charge in [-0.05, 0) is 42.0 Å². The van der Waals surface area contributed by atoms with E-state index in [9.17, 15) is 21.2 Å². The Morgan fingerprint density at radius 3 is 2.30 bits per heavy atom. The normalized spacial score (nSPS) is 21.9. The fourth-order valence-electron chi connectivity index (χ4n) is 3.10. The number of rotatable bonds is 6. The maximum absolute atomic E-state index is 13.1. The Bertz CT molecular complexity index is 1000. The molecule has 1 heterocycles. The van der Waals surface area contributed by atoms with E-state index in [4.69, 9.17) is 4.74 Å². The van der Waals surface area contributed by atoms with Gasteiger partial charge in [0, 0.05) is 12.6 Å². The summed E-state index contributed by atoms with van der Waals surface area (Å²) < 4.78 is 68.2. The molecule has 146 valence electrons. The highest BCUT2D eigenvalue weighted by Crippen LogP contribution is 2.26. The number of hydrogen-bond acceptors (Lipinski definition) is 6. The van der Waals surface area contributed by atoms with Gasteiger partial charge in [0.05, 0.1) is 28.8 Å². The fraction of sp³-hybridized carbons (Fsp3) is 0.333. The molecular weight excluding hydrogens is 393 g/mol. The van der Waals surface area contributed by atoms with Crippen LogP contribution < -0.4 is 10.1 Å². The minimum absolute atomic E-state index is 0.0813. The van der Waals surface area contributed by atoms with Crippen LogP contribution in [0.2, 0.25) is 0 Å². The van der Waals surface area contributed by atoms with E-state index in [0.717, 1.165) is 29.8 Å². The molecular formula is C18H20FNO5S2. The average Bonchev–Trinajstić information content (AvgIpc) is 2.96. The van der Waals surface area contributed by atoms with E-state index in [-0.39, 0.29) is 10.6 Å². The molecule has 0 spiro atoms. The smallest absolute Gasteiger partial charge is 0.183 e. The van der Waals surface area contributed by atoms with Gasteiger partial charge in [-0.1, -0.05) is 12.1 Å². The van der Waals surface area contributed by atoms with Gasteiger partial charge in [-0.3, -0.25) is 0 Å². The third-order valence-corrected chi connectivity index (χ3v) is 8.74. The third-order valence-electron chi connectivity index (χ3n) is 4.57. The van der Waals surface area contributed by atoms with Crippen LogP contribution in [0.3, 0.4) is 0 Å². The molecule has 9 heteroatoms. The van der Waals surface area contributed by atoms with Crippen molar-refractivity contribution >= 4 is 19.7 Å². The van der Waals surface area contributed by atoms with Crippen LogP contribution in [0.15, 0.2) is 53.4 Å². The first kappa shape index (κ1) is 19.8.